The van der Waals surface area contributed by atoms with Crippen molar-refractivity contribution in [2.75, 3.05) is 0 Å². The molecule has 2 atom stereocenters. The standard InChI is InChI=1S/C14H20N2O/c1-11-7-8-13(9-11)16-14(17)15-10-12-5-3-2-4-6-12/h2-6,11,13H,7-10H2,1H3,(H2,15,16,17). The first-order valence-electron chi connectivity index (χ1n) is 6.32. The highest BCUT2D eigenvalue weighted by molar-refractivity contribution is 5.74. The normalized spacial score (nSPS) is 23.4. The summed E-state index contributed by atoms with van der Waals surface area (Å²) in [6.45, 7) is 2.83. The first-order chi connectivity index (χ1) is 8.24. The maximum Gasteiger partial charge on any atom is 0.315 e. The average Bonchev–Trinajstić information content (AvgIpc) is 2.73. The van der Waals surface area contributed by atoms with Gasteiger partial charge in [-0.1, -0.05) is 37.3 Å². The van der Waals surface area contributed by atoms with Crippen LogP contribution in [0, 0.1) is 5.92 Å². The van der Waals surface area contributed by atoms with Gasteiger partial charge in [0, 0.05) is 12.6 Å². The van der Waals surface area contributed by atoms with Gasteiger partial charge < -0.3 is 10.6 Å². The first kappa shape index (κ1) is 12.0. The molecule has 3 heteroatoms. The third kappa shape index (κ3) is 3.77. The van der Waals surface area contributed by atoms with Crippen molar-refractivity contribution >= 4 is 6.03 Å². The smallest absolute Gasteiger partial charge is 0.315 e. The number of urea groups is 1. The van der Waals surface area contributed by atoms with Crippen molar-refractivity contribution < 1.29 is 4.79 Å². The molecule has 1 aliphatic carbocycles. The molecule has 3 nitrogen and oxygen atoms in total. The van der Waals surface area contributed by atoms with E-state index in [1.54, 1.807) is 0 Å². The van der Waals surface area contributed by atoms with Gasteiger partial charge in [0.15, 0.2) is 0 Å². The minimum absolute atomic E-state index is 0.0482. The SMILES string of the molecule is CC1CCC(NC(=O)NCc2ccccc2)C1. The van der Waals surface area contributed by atoms with Crippen molar-refractivity contribution in [1.29, 1.82) is 0 Å². The molecule has 2 rings (SSSR count). The summed E-state index contributed by atoms with van der Waals surface area (Å²) in [7, 11) is 0. The molecule has 1 aliphatic rings. The molecule has 2 unspecified atom stereocenters. The van der Waals surface area contributed by atoms with Crippen molar-refractivity contribution in [2.24, 2.45) is 5.92 Å². The molecule has 0 aliphatic heterocycles. The lowest BCUT2D eigenvalue weighted by Gasteiger charge is -2.13. The van der Waals surface area contributed by atoms with E-state index in [9.17, 15) is 4.79 Å². The summed E-state index contributed by atoms with van der Waals surface area (Å²) < 4.78 is 0. The van der Waals surface area contributed by atoms with Crippen molar-refractivity contribution in [2.45, 2.75) is 38.8 Å². The topological polar surface area (TPSA) is 41.1 Å². The molecule has 0 bridgehead atoms. The van der Waals surface area contributed by atoms with Crippen molar-refractivity contribution in [3.8, 4) is 0 Å². The van der Waals surface area contributed by atoms with Gasteiger partial charge in [-0.15, -0.1) is 0 Å². The summed E-state index contributed by atoms with van der Waals surface area (Å²) in [4.78, 5) is 11.7. The fourth-order valence-electron chi connectivity index (χ4n) is 2.35. The zero-order valence-electron chi connectivity index (χ0n) is 10.3. The van der Waals surface area contributed by atoms with Crippen LogP contribution in [0.15, 0.2) is 30.3 Å². The third-order valence-electron chi connectivity index (χ3n) is 3.33. The van der Waals surface area contributed by atoms with Crippen LogP contribution in [-0.2, 0) is 6.54 Å². The molecule has 0 saturated heterocycles. The number of rotatable bonds is 3. The van der Waals surface area contributed by atoms with E-state index in [4.69, 9.17) is 0 Å². The summed E-state index contributed by atoms with van der Waals surface area (Å²) in [5.41, 5.74) is 1.13. The third-order valence-corrected chi connectivity index (χ3v) is 3.33. The van der Waals surface area contributed by atoms with Gasteiger partial charge in [0.05, 0.1) is 0 Å². The lowest BCUT2D eigenvalue weighted by atomic mass is 10.1. The predicted molar refractivity (Wildman–Crippen MR) is 68.6 cm³/mol. The van der Waals surface area contributed by atoms with Crippen LogP contribution in [0.25, 0.3) is 0 Å². The highest BCUT2D eigenvalue weighted by Gasteiger charge is 2.22. The quantitative estimate of drug-likeness (QED) is 0.826. The van der Waals surface area contributed by atoms with Gasteiger partial charge in [-0.3, -0.25) is 0 Å². The number of carbonyl (C=O) groups excluding carboxylic acids is 1. The largest absolute Gasteiger partial charge is 0.335 e. The van der Waals surface area contributed by atoms with Crippen LogP contribution in [0.3, 0.4) is 0 Å². The summed E-state index contributed by atoms with van der Waals surface area (Å²) >= 11 is 0. The van der Waals surface area contributed by atoms with Gasteiger partial charge in [-0.2, -0.15) is 0 Å². The van der Waals surface area contributed by atoms with Gasteiger partial charge in [0.25, 0.3) is 0 Å². The Morgan fingerprint density at radius 2 is 2.06 bits per heavy atom. The van der Waals surface area contributed by atoms with Gasteiger partial charge in [-0.05, 0) is 30.7 Å². The Kier molecular flexibility index (Phi) is 4.02. The highest BCUT2D eigenvalue weighted by Crippen LogP contribution is 2.24. The second-order valence-corrected chi connectivity index (χ2v) is 4.93. The molecule has 0 spiro atoms. The van der Waals surface area contributed by atoms with Crippen molar-refractivity contribution in [1.82, 2.24) is 10.6 Å². The Bertz CT molecular complexity index is 364. The lowest BCUT2D eigenvalue weighted by Crippen LogP contribution is -2.40. The Labute approximate surface area is 103 Å². The van der Waals surface area contributed by atoms with E-state index in [-0.39, 0.29) is 6.03 Å². The minimum atomic E-state index is -0.0482. The monoisotopic (exact) mass is 232 g/mol. The summed E-state index contributed by atoms with van der Waals surface area (Å²) in [5, 5.41) is 5.92. The highest BCUT2D eigenvalue weighted by atomic mass is 16.2. The first-order valence-corrected chi connectivity index (χ1v) is 6.32. The van der Waals surface area contributed by atoms with Crippen molar-refractivity contribution in [3.63, 3.8) is 0 Å². The van der Waals surface area contributed by atoms with Crippen LogP contribution in [0.4, 0.5) is 4.79 Å². The van der Waals surface area contributed by atoms with Crippen LogP contribution >= 0.6 is 0 Å². The molecule has 1 aromatic carbocycles. The van der Waals surface area contributed by atoms with E-state index >= 15 is 0 Å². The Hall–Kier alpha value is -1.51. The van der Waals surface area contributed by atoms with Crippen LogP contribution in [-0.4, -0.2) is 12.1 Å². The number of amides is 2. The maximum atomic E-state index is 11.7. The molecule has 17 heavy (non-hydrogen) atoms. The van der Waals surface area contributed by atoms with Gasteiger partial charge >= 0.3 is 6.03 Å². The molecular formula is C14H20N2O. The molecule has 1 fully saturated rings. The van der Waals surface area contributed by atoms with Gasteiger partial charge in [-0.25, -0.2) is 4.79 Å². The van der Waals surface area contributed by atoms with E-state index in [2.05, 4.69) is 17.6 Å². The fourth-order valence-corrected chi connectivity index (χ4v) is 2.35. The molecule has 0 radical (unpaired) electrons. The average molecular weight is 232 g/mol. The van der Waals surface area contributed by atoms with Crippen LogP contribution < -0.4 is 10.6 Å². The molecule has 2 amide bonds. The van der Waals surface area contributed by atoms with Crippen LogP contribution in [0.1, 0.15) is 31.7 Å². The predicted octanol–water partition coefficient (Wildman–Crippen LogP) is 2.67. The van der Waals surface area contributed by atoms with Gasteiger partial charge in [0.1, 0.15) is 0 Å². The molecule has 2 N–H and O–H groups in total. The number of carbonyl (C=O) groups is 1. The van der Waals surface area contributed by atoms with Crippen molar-refractivity contribution in [3.05, 3.63) is 35.9 Å². The maximum absolute atomic E-state index is 11.7. The second-order valence-electron chi connectivity index (χ2n) is 4.93. The molecule has 92 valence electrons. The number of hydrogen-bond donors (Lipinski definition) is 2. The summed E-state index contributed by atoms with van der Waals surface area (Å²) in [6, 6.07) is 10.3. The van der Waals surface area contributed by atoms with E-state index in [0.29, 0.717) is 12.6 Å². The molecule has 0 heterocycles. The molecular weight excluding hydrogens is 212 g/mol. The minimum Gasteiger partial charge on any atom is -0.335 e. The number of benzene rings is 1. The summed E-state index contributed by atoms with van der Waals surface area (Å²) in [6.07, 6.45) is 3.45. The van der Waals surface area contributed by atoms with Crippen LogP contribution in [0.2, 0.25) is 0 Å². The summed E-state index contributed by atoms with van der Waals surface area (Å²) in [5.74, 6) is 0.745. The molecule has 1 aromatic rings. The van der Waals surface area contributed by atoms with Gasteiger partial charge in [0.2, 0.25) is 0 Å². The van der Waals surface area contributed by atoms with Crippen LogP contribution in [0.5, 0.6) is 0 Å². The van der Waals surface area contributed by atoms with E-state index in [1.807, 2.05) is 30.3 Å². The number of nitrogens with one attached hydrogen (secondary N) is 2. The fraction of sp³-hybridized carbons (Fsp3) is 0.500. The zero-order chi connectivity index (χ0) is 12.1. The van der Waals surface area contributed by atoms with E-state index in [0.717, 1.165) is 24.3 Å². The second kappa shape index (κ2) is 5.71. The number of hydrogen-bond acceptors (Lipinski definition) is 1. The van der Waals surface area contributed by atoms with E-state index < -0.39 is 0 Å². The zero-order valence-corrected chi connectivity index (χ0v) is 10.3. The van der Waals surface area contributed by atoms with E-state index in [1.165, 1.54) is 6.42 Å². The lowest BCUT2D eigenvalue weighted by molar-refractivity contribution is 0.236. The molecule has 1 saturated carbocycles. The Balaban J connectivity index is 1.71. The Morgan fingerprint density at radius 1 is 1.29 bits per heavy atom. The Morgan fingerprint density at radius 3 is 2.71 bits per heavy atom. The molecule has 0 aromatic heterocycles.